The topological polar surface area (TPSA) is 247 Å². The Labute approximate surface area is 348 Å². The van der Waals surface area contributed by atoms with E-state index in [4.69, 9.17) is 18.9 Å². The van der Waals surface area contributed by atoms with E-state index >= 15 is 0 Å². The van der Waals surface area contributed by atoms with Gasteiger partial charge in [-0.3, -0.25) is 24.0 Å². The third-order valence-corrected chi connectivity index (χ3v) is 12.2. The molecule has 0 unspecified atom stereocenters. The van der Waals surface area contributed by atoms with Crippen molar-refractivity contribution in [2.45, 2.75) is 68.2 Å². The number of amides is 1. The number of Topliss-reactive ketones (excluding diaryl/α,β-unsaturated/α-hetero) is 3. The van der Waals surface area contributed by atoms with Crippen LogP contribution in [-0.4, -0.2) is 118 Å². The number of fused-ring (bicyclic) bond motifs is 5. The third kappa shape index (κ3) is 5.97. The summed E-state index contributed by atoms with van der Waals surface area (Å²) in [5.74, 6) is -7.45. The Morgan fingerprint density at radius 3 is 2.13 bits per heavy atom. The highest BCUT2D eigenvalue weighted by atomic mass is 16.6. The van der Waals surface area contributed by atoms with E-state index in [1.165, 1.54) is 27.2 Å². The second-order valence-corrected chi connectivity index (χ2v) is 15.5. The number of allylic oxidation sites excluding steroid dienone is 2. The van der Waals surface area contributed by atoms with Gasteiger partial charge < -0.3 is 55.1 Å². The molecule has 8 rings (SSSR count). The van der Waals surface area contributed by atoms with Gasteiger partial charge in [-0.2, -0.15) is 0 Å². The molecule has 0 spiro atoms. The second-order valence-electron chi connectivity index (χ2n) is 15.5. The first-order valence-electron chi connectivity index (χ1n) is 19.3. The number of nitrogens with one attached hydrogen (secondary N) is 2. The lowest BCUT2D eigenvalue weighted by Gasteiger charge is -2.53. The molecular formula is C45H42N2O14. The Balaban J connectivity index is 1.20. The van der Waals surface area contributed by atoms with Crippen LogP contribution < -0.4 is 10.6 Å². The summed E-state index contributed by atoms with van der Waals surface area (Å²) in [5, 5.41) is 64.5. The normalized spacial score (nSPS) is 28.0. The average Bonchev–Trinajstić information content (AvgIpc) is 3.22. The number of benzene rings is 4. The predicted octanol–water partition coefficient (Wildman–Crippen LogP) is 2.88. The van der Waals surface area contributed by atoms with Gasteiger partial charge in [0, 0.05) is 56.2 Å². The summed E-state index contributed by atoms with van der Waals surface area (Å²) in [6, 6.07) is 18.6. The van der Waals surface area contributed by atoms with Crippen LogP contribution in [0.3, 0.4) is 0 Å². The molecule has 0 saturated carbocycles. The maximum atomic E-state index is 15.0. The van der Waals surface area contributed by atoms with E-state index in [0.29, 0.717) is 5.69 Å². The molecule has 1 aliphatic heterocycles. The maximum Gasteiger partial charge on any atom is 0.259 e. The first kappa shape index (κ1) is 41.6. The van der Waals surface area contributed by atoms with Gasteiger partial charge in [0.15, 0.2) is 23.2 Å². The molecule has 16 heteroatoms. The van der Waals surface area contributed by atoms with Crippen LogP contribution in [0.5, 0.6) is 11.5 Å². The Morgan fingerprint density at radius 2 is 1.49 bits per heavy atom. The lowest BCUT2D eigenvalue weighted by atomic mass is 9.56. The van der Waals surface area contributed by atoms with Gasteiger partial charge in [0.05, 0.1) is 34.6 Å². The summed E-state index contributed by atoms with van der Waals surface area (Å²) in [5.41, 5.74) is -7.93. The van der Waals surface area contributed by atoms with Gasteiger partial charge in [-0.05, 0) is 54.3 Å². The fourth-order valence-electron chi connectivity index (χ4n) is 9.35. The summed E-state index contributed by atoms with van der Waals surface area (Å²) < 4.78 is 22.3. The van der Waals surface area contributed by atoms with Crippen molar-refractivity contribution < 1.29 is 68.5 Å². The molecule has 16 nitrogen and oxygen atoms in total. The summed E-state index contributed by atoms with van der Waals surface area (Å²) in [7, 11) is 3.61. The number of phenolic OH excluding ortho intramolecular Hbond substituents is 2. The van der Waals surface area contributed by atoms with Crippen LogP contribution in [-0.2, 0) is 31.0 Å². The van der Waals surface area contributed by atoms with Crippen molar-refractivity contribution in [1.29, 1.82) is 0 Å². The van der Waals surface area contributed by atoms with Gasteiger partial charge >= 0.3 is 0 Å². The number of aliphatic hydroxyl groups is 3. The van der Waals surface area contributed by atoms with E-state index in [1.54, 1.807) is 31.2 Å². The number of methoxy groups -OCH3 is 3. The smallest absolute Gasteiger partial charge is 0.259 e. The molecule has 4 aliphatic rings. The van der Waals surface area contributed by atoms with E-state index in [9.17, 15) is 49.5 Å². The van der Waals surface area contributed by atoms with Gasteiger partial charge in [-0.15, -0.1) is 0 Å². The Kier molecular flexibility index (Phi) is 10.3. The van der Waals surface area contributed by atoms with Crippen molar-refractivity contribution in [3.05, 3.63) is 123 Å². The zero-order valence-corrected chi connectivity index (χ0v) is 33.5. The number of aryl methyl sites for hydroxylation is 1. The highest BCUT2D eigenvalue weighted by Crippen LogP contribution is 2.56. The number of ketones is 4. The van der Waals surface area contributed by atoms with Crippen LogP contribution in [0.4, 0.5) is 5.69 Å². The van der Waals surface area contributed by atoms with E-state index in [-0.39, 0.29) is 22.4 Å². The highest BCUT2D eigenvalue weighted by Gasteiger charge is 2.72. The molecular weight excluding hydrogens is 792 g/mol. The second kappa shape index (κ2) is 15.1. The molecule has 4 aromatic rings. The molecule has 0 bridgehead atoms. The molecule has 8 atom stereocenters. The van der Waals surface area contributed by atoms with Gasteiger partial charge in [0.2, 0.25) is 17.3 Å². The van der Waals surface area contributed by atoms with E-state index in [1.807, 2.05) is 30.3 Å². The van der Waals surface area contributed by atoms with Crippen molar-refractivity contribution in [2.24, 2.45) is 0 Å². The number of rotatable bonds is 8. The Morgan fingerprint density at radius 1 is 0.836 bits per heavy atom. The number of hydrogen-bond donors (Lipinski definition) is 7. The van der Waals surface area contributed by atoms with Crippen LogP contribution in [0.2, 0.25) is 0 Å². The molecule has 7 N–H and O–H groups in total. The Hall–Kier alpha value is -6.11. The number of hydrogen-bond acceptors (Lipinski definition) is 15. The number of phenols is 2. The predicted molar refractivity (Wildman–Crippen MR) is 215 cm³/mol. The van der Waals surface area contributed by atoms with E-state index in [2.05, 4.69) is 10.6 Å². The quantitative estimate of drug-likeness (QED) is 0.135. The molecule has 316 valence electrons. The number of carbonyl (C=O) groups is 5. The zero-order chi connectivity index (χ0) is 43.9. The minimum Gasteiger partial charge on any atom is -0.507 e. The largest absolute Gasteiger partial charge is 0.507 e. The zero-order valence-electron chi connectivity index (χ0n) is 33.5. The maximum absolute atomic E-state index is 15.0. The lowest BCUT2D eigenvalue weighted by molar-refractivity contribution is -0.236. The molecule has 3 aliphatic carbocycles. The number of aromatic hydroxyl groups is 2. The van der Waals surface area contributed by atoms with Crippen molar-refractivity contribution >= 4 is 34.7 Å². The molecule has 0 radical (unpaired) electrons. The molecule has 1 saturated heterocycles. The first-order chi connectivity index (χ1) is 29.0. The van der Waals surface area contributed by atoms with E-state index in [0.717, 1.165) is 30.4 Å². The first-order valence-corrected chi connectivity index (χ1v) is 19.3. The average molecular weight is 835 g/mol. The van der Waals surface area contributed by atoms with Gasteiger partial charge in [-0.1, -0.05) is 48.5 Å². The van der Waals surface area contributed by atoms with E-state index < -0.39 is 123 Å². The van der Waals surface area contributed by atoms with Gasteiger partial charge in [-0.25, -0.2) is 0 Å². The molecule has 1 fully saturated rings. The summed E-state index contributed by atoms with van der Waals surface area (Å²) in [6.45, 7) is 3.12. The monoisotopic (exact) mass is 834 g/mol. The van der Waals surface area contributed by atoms with Crippen molar-refractivity contribution in [3.8, 4) is 22.6 Å². The summed E-state index contributed by atoms with van der Waals surface area (Å²) >= 11 is 0. The number of carbonyl (C=O) groups excluding carboxylic acids is 5. The highest BCUT2D eigenvalue weighted by molar-refractivity contribution is 6.31. The van der Waals surface area contributed by atoms with Crippen molar-refractivity contribution in [1.82, 2.24) is 5.32 Å². The minimum atomic E-state index is -3.27. The minimum absolute atomic E-state index is 0.00111. The van der Waals surface area contributed by atoms with Crippen LogP contribution in [0.25, 0.3) is 11.1 Å². The van der Waals surface area contributed by atoms with Crippen LogP contribution in [0.15, 0.2) is 78.5 Å². The fraction of sp³-hybridized carbons (Fsp3) is 0.311. The number of ether oxygens (including phenoxy) is 4. The molecule has 61 heavy (non-hydrogen) atoms. The lowest BCUT2D eigenvalue weighted by Crippen LogP contribution is -2.73. The molecule has 1 amide bonds. The summed E-state index contributed by atoms with van der Waals surface area (Å²) in [6.07, 6.45) is -6.64. The van der Waals surface area contributed by atoms with Crippen LogP contribution in [0, 0.1) is 6.92 Å². The summed E-state index contributed by atoms with van der Waals surface area (Å²) in [4.78, 5) is 71.5. The SMILES string of the molecule is CO[C@@H]1[C@@H](O)[C@@H](OC)[C@@H](NC2=CC(=O)c3c(cc4c(c3O)C(=O)[C@]3(OC)[C@H](O)Cc5cc(C)c(C(=O)Nc6ccc(-c7ccccc7)cc6)c(O)c5[C@]3(O)C4=O)C2=O)O[C@H]1C. The number of anilines is 1. The number of aliphatic hydroxyl groups excluding tert-OH is 2. The third-order valence-electron chi connectivity index (χ3n) is 12.2. The van der Waals surface area contributed by atoms with Crippen LogP contribution in [0.1, 0.15) is 75.4 Å². The van der Waals surface area contributed by atoms with Gasteiger partial charge in [0.1, 0.15) is 29.8 Å². The van der Waals surface area contributed by atoms with Gasteiger partial charge in [0.25, 0.3) is 5.91 Å². The molecule has 1 heterocycles. The van der Waals surface area contributed by atoms with Crippen LogP contribution >= 0.6 is 0 Å². The Bertz CT molecular complexity index is 2570. The van der Waals surface area contributed by atoms with Crippen molar-refractivity contribution in [2.75, 3.05) is 26.6 Å². The molecule has 0 aromatic heterocycles. The fourth-order valence-corrected chi connectivity index (χ4v) is 9.35. The molecule has 4 aromatic carbocycles. The van der Waals surface area contributed by atoms with Crippen molar-refractivity contribution in [3.63, 3.8) is 0 Å². The standard InChI is InChI=1S/C45H42N2O14/c1-19-15-23-16-29(49)45(60-5)41(55)32-26(17-25-31(35(32)51)28(48)18-27(34(25)50)47-43-39(59-4)37(53)38(58-3)20(2)61-43)40(54)44(45,57)33(23)36(52)30(19)42(56)46-24-13-11-22(12-14-24)21-9-7-6-8-10-21/h6-15,17-18,20,29,37-39,43,47,49,51-53,57H,16H2,1-5H3,(H,46,56)/t20-,29+,37+,38-,39+,43-,44-,45+/m0/s1.